The van der Waals surface area contributed by atoms with Gasteiger partial charge in [-0.2, -0.15) is 0 Å². The number of nitrogens with two attached hydrogens (primary N) is 1. The van der Waals surface area contributed by atoms with Crippen molar-refractivity contribution in [1.82, 2.24) is 0 Å². The predicted octanol–water partition coefficient (Wildman–Crippen LogP) is -2.25. The second-order valence-electron chi connectivity index (χ2n) is 1.41. The van der Waals surface area contributed by atoms with Gasteiger partial charge in [0.25, 0.3) is 0 Å². The van der Waals surface area contributed by atoms with Crippen LogP contribution >= 0.6 is 0 Å². The first-order valence-corrected chi connectivity index (χ1v) is 2.20. The molecule has 3 nitrogen and oxygen atoms in total. The third kappa shape index (κ3) is 6.07. The minimum Gasteiger partial charge on any atom is -1.00 e. The first-order chi connectivity index (χ1) is 3.39. The summed E-state index contributed by atoms with van der Waals surface area (Å²) in [5, 5.41) is 0. The summed E-state index contributed by atoms with van der Waals surface area (Å²) in [6, 6.07) is 9.49. The molecule has 0 aliphatic rings. The van der Waals surface area contributed by atoms with Crippen LogP contribution in [0.4, 0.5) is 5.69 Å². The molecular formula is C6H21NNaO2-9. The number of hydrogen-bond acceptors (Lipinski definition) is 1. The summed E-state index contributed by atoms with van der Waals surface area (Å²) in [6.45, 7) is 0. The van der Waals surface area contributed by atoms with Crippen molar-refractivity contribution < 1.29 is 54.8 Å². The van der Waals surface area contributed by atoms with E-state index in [-0.39, 0.29) is 54.8 Å². The molecule has 0 fully saturated rings. The molecular weight excluding hydrogens is 141 g/mol. The molecule has 0 unspecified atom stereocenters. The standard InChI is InChI=1S/C6H7N.Na.2H2O.10H/c7-6-4-2-1-3-5-6;;;;;;;;;;;;;/h1-5H,7H2;;2*1H2;;;;;;;;;;/q;+1;;;10*-1. The Labute approximate surface area is 97.0 Å². The van der Waals surface area contributed by atoms with Crippen molar-refractivity contribution in [1.29, 1.82) is 0 Å². The van der Waals surface area contributed by atoms with Crippen molar-refractivity contribution in [2.45, 2.75) is 0 Å². The number of hydrogen-bond donors (Lipinski definition) is 1. The second kappa shape index (κ2) is 8.94. The van der Waals surface area contributed by atoms with Crippen LogP contribution in [0.2, 0.25) is 0 Å². The largest absolute Gasteiger partial charge is 1.00 e. The molecule has 0 bridgehead atoms. The maximum Gasteiger partial charge on any atom is 1.00 e. The van der Waals surface area contributed by atoms with Gasteiger partial charge in [0.2, 0.25) is 0 Å². The Kier molecular flexibility index (Phi) is 14.7. The number of nitrogen functional groups attached to an aromatic ring is 1. The van der Waals surface area contributed by atoms with Gasteiger partial charge in [-0.1, -0.05) is 18.2 Å². The summed E-state index contributed by atoms with van der Waals surface area (Å²) < 4.78 is 0. The van der Waals surface area contributed by atoms with Crippen LogP contribution < -0.4 is 35.3 Å². The Hall–Kier alpha value is -0.0600. The summed E-state index contributed by atoms with van der Waals surface area (Å²) in [4.78, 5) is 0. The van der Waals surface area contributed by atoms with E-state index in [9.17, 15) is 0 Å². The van der Waals surface area contributed by atoms with Crippen LogP contribution in [0, 0.1) is 0 Å². The average molecular weight is 162 g/mol. The Morgan fingerprint density at radius 1 is 1.00 bits per heavy atom. The molecule has 0 aliphatic carbocycles. The van der Waals surface area contributed by atoms with Gasteiger partial charge in [0.05, 0.1) is 0 Å². The van der Waals surface area contributed by atoms with E-state index in [1.54, 1.807) is 0 Å². The van der Waals surface area contributed by atoms with Crippen molar-refractivity contribution in [3.05, 3.63) is 30.3 Å². The zero-order valence-electron chi connectivity index (χ0n) is 16.0. The molecule has 0 spiro atoms. The number of rotatable bonds is 0. The molecule has 1 aromatic rings. The normalized spacial score (nSPS) is 6.00. The quantitative estimate of drug-likeness (QED) is 0.339. The van der Waals surface area contributed by atoms with E-state index < -0.39 is 0 Å². The number of benzene rings is 1. The van der Waals surface area contributed by atoms with Gasteiger partial charge in [-0.05, 0) is 12.1 Å². The molecule has 0 aliphatic heterocycles. The molecule has 0 aromatic heterocycles. The minimum absolute atomic E-state index is 0. The van der Waals surface area contributed by atoms with Crippen molar-refractivity contribution in [3.8, 4) is 0 Å². The molecule has 0 heterocycles. The molecule has 0 atom stereocenters. The van der Waals surface area contributed by atoms with Gasteiger partial charge in [0.15, 0.2) is 0 Å². The maximum atomic E-state index is 5.36. The average Bonchev–Trinajstić information content (AvgIpc) is 1.69. The summed E-state index contributed by atoms with van der Waals surface area (Å²) in [6.07, 6.45) is 0. The van der Waals surface area contributed by atoms with E-state index in [1.807, 2.05) is 30.3 Å². The van der Waals surface area contributed by atoms with Gasteiger partial charge < -0.3 is 31.0 Å². The van der Waals surface area contributed by atoms with Crippen LogP contribution in [0.15, 0.2) is 30.3 Å². The van der Waals surface area contributed by atoms with Crippen LogP contribution in [0.1, 0.15) is 14.3 Å². The van der Waals surface area contributed by atoms with Crippen molar-refractivity contribution >= 4 is 5.69 Å². The first kappa shape index (κ1) is 16.5. The number of para-hydroxylation sites is 1. The molecule has 4 heteroatoms. The van der Waals surface area contributed by atoms with Crippen LogP contribution in [-0.4, -0.2) is 11.0 Å². The Bertz CT molecular complexity index is 166. The van der Waals surface area contributed by atoms with E-state index in [2.05, 4.69) is 0 Å². The summed E-state index contributed by atoms with van der Waals surface area (Å²) in [7, 11) is 0. The summed E-state index contributed by atoms with van der Waals surface area (Å²) in [5.41, 5.74) is 6.18. The zero-order chi connectivity index (χ0) is 5.11. The van der Waals surface area contributed by atoms with Gasteiger partial charge in [0.1, 0.15) is 0 Å². The van der Waals surface area contributed by atoms with Crippen LogP contribution in [0.25, 0.3) is 0 Å². The third-order valence-electron chi connectivity index (χ3n) is 0.800. The first-order valence-electron chi connectivity index (χ1n) is 2.20. The predicted molar refractivity (Wildman–Crippen MR) is 49.2 cm³/mol. The van der Waals surface area contributed by atoms with E-state index in [4.69, 9.17) is 5.73 Å². The van der Waals surface area contributed by atoms with Crippen molar-refractivity contribution in [2.24, 2.45) is 0 Å². The van der Waals surface area contributed by atoms with E-state index >= 15 is 0 Å². The molecule has 1 aromatic carbocycles. The SMILES string of the molecule is Nc1ccccc1.O.O.[H-].[H-].[H-].[H-].[H-].[H-].[H-].[H-].[H-].[H-].[Na+]. The molecule has 10 heavy (non-hydrogen) atoms. The monoisotopic (exact) mass is 162 g/mol. The van der Waals surface area contributed by atoms with Crippen LogP contribution in [0.3, 0.4) is 0 Å². The fourth-order valence-corrected chi connectivity index (χ4v) is 0.453. The van der Waals surface area contributed by atoms with Crippen molar-refractivity contribution in [2.75, 3.05) is 5.73 Å². The van der Waals surface area contributed by atoms with Gasteiger partial charge in [-0.25, -0.2) is 0 Å². The zero-order valence-corrected chi connectivity index (χ0v) is 7.96. The third-order valence-corrected chi connectivity index (χ3v) is 0.800. The van der Waals surface area contributed by atoms with Crippen LogP contribution in [-0.2, 0) is 0 Å². The molecule has 0 amide bonds. The summed E-state index contributed by atoms with van der Waals surface area (Å²) >= 11 is 0. The molecule has 72 valence electrons. The fourth-order valence-electron chi connectivity index (χ4n) is 0.453. The topological polar surface area (TPSA) is 89.0 Å². The van der Waals surface area contributed by atoms with Gasteiger partial charge in [0, 0.05) is 5.69 Å². The molecule has 6 N–H and O–H groups in total. The van der Waals surface area contributed by atoms with E-state index in [1.165, 1.54) is 0 Å². The molecule has 0 saturated carbocycles. The second-order valence-corrected chi connectivity index (χ2v) is 1.41. The Morgan fingerprint density at radius 2 is 1.40 bits per heavy atom. The Balaban J connectivity index is -0.00000000343. The fraction of sp³-hybridized carbons (Fsp3) is 0. The van der Waals surface area contributed by atoms with Crippen molar-refractivity contribution in [3.63, 3.8) is 0 Å². The van der Waals surface area contributed by atoms with Gasteiger partial charge in [-0.3, -0.25) is 0 Å². The smallest absolute Gasteiger partial charge is 1.00 e. The maximum absolute atomic E-state index is 5.36. The van der Waals surface area contributed by atoms with Crippen LogP contribution in [0.5, 0.6) is 0 Å². The summed E-state index contributed by atoms with van der Waals surface area (Å²) in [5.74, 6) is 0. The van der Waals surface area contributed by atoms with E-state index in [0.29, 0.717) is 0 Å². The Morgan fingerprint density at radius 3 is 1.60 bits per heavy atom. The van der Waals surface area contributed by atoms with Gasteiger partial charge in [-0.15, -0.1) is 0 Å². The van der Waals surface area contributed by atoms with E-state index in [0.717, 1.165) is 5.69 Å². The number of anilines is 1. The van der Waals surface area contributed by atoms with Gasteiger partial charge >= 0.3 is 29.6 Å². The minimum atomic E-state index is 0. The molecule has 0 saturated heterocycles. The molecule has 1 rings (SSSR count). The molecule has 0 radical (unpaired) electrons.